The highest BCUT2D eigenvalue weighted by atomic mass is 35.5. The third-order valence-electron chi connectivity index (χ3n) is 3.75. The molecule has 0 bridgehead atoms. The fourth-order valence-corrected chi connectivity index (χ4v) is 3.01. The largest absolute Gasteiger partial charge is 0.385 e. The van der Waals surface area contributed by atoms with Gasteiger partial charge in [-0.15, -0.1) is 0 Å². The maximum atomic E-state index is 13.3. The van der Waals surface area contributed by atoms with Gasteiger partial charge in [0, 0.05) is 48.5 Å². The van der Waals surface area contributed by atoms with E-state index in [0.29, 0.717) is 35.6 Å². The number of aromatic nitrogens is 2. The number of nitrogens with two attached hydrogens (primary N) is 1. The molecule has 0 atom stereocenters. The summed E-state index contributed by atoms with van der Waals surface area (Å²) in [5.41, 5.74) is 7.81. The molecule has 2 aromatic rings. The first-order valence-corrected chi connectivity index (χ1v) is 11.3. The van der Waals surface area contributed by atoms with Crippen LogP contribution in [0.4, 0.5) is 10.1 Å². The smallest absolute Gasteiger partial charge is 0.208 e. The first kappa shape index (κ1) is 24.3. The van der Waals surface area contributed by atoms with Crippen molar-refractivity contribution < 1.29 is 12.8 Å². The standard InChI is InChI=1S/C19H23ClFN7O2S/c1-13(28-15-4-5-18(21)17(20)8-15)26-11-16(14-9-23-12-24-10-14)19(22)25-6-3-7-27-31(2,29)30/h4-5,8-12,25,27-28H,1,3,6-7,22H2,2H3/b19-16-,26-11-. The Kier molecular flexibility index (Phi) is 8.91. The summed E-state index contributed by atoms with van der Waals surface area (Å²) in [5.74, 6) is 0.0407. The molecule has 0 saturated heterocycles. The summed E-state index contributed by atoms with van der Waals surface area (Å²) in [7, 11) is -3.24. The molecule has 0 fully saturated rings. The number of nitrogens with one attached hydrogen (secondary N) is 3. The number of rotatable bonds is 11. The summed E-state index contributed by atoms with van der Waals surface area (Å²) in [5, 5.41) is 5.90. The van der Waals surface area contributed by atoms with Crippen molar-refractivity contribution in [1.29, 1.82) is 0 Å². The van der Waals surface area contributed by atoms with Gasteiger partial charge in [-0.05, 0) is 24.6 Å². The quantitative estimate of drug-likeness (QED) is 0.293. The van der Waals surface area contributed by atoms with Crippen LogP contribution in [0.1, 0.15) is 12.0 Å². The van der Waals surface area contributed by atoms with Gasteiger partial charge in [-0.2, -0.15) is 0 Å². The van der Waals surface area contributed by atoms with Crippen LogP contribution in [-0.4, -0.2) is 43.9 Å². The molecule has 0 spiro atoms. The minimum absolute atomic E-state index is 0.0254. The van der Waals surface area contributed by atoms with Crippen LogP contribution < -0.4 is 21.1 Å². The highest BCUT2D eigenvalue weighted by Crippen LogP contribution is 2.20. The Hall–Kier alpha value is -3.02. The van der Waals surface area contributed by atoms with Gasteiger partial charge in [0.2, 0.25) is 10.0 Å². The van der Waals surface area contributed by atoms with Crippen molar-refractivity contribution >= 4 is 39.1 Å². The van der Waals surface area contributed by atoms with Crippen molar-refractivity contribution in [1.82, 2.24) is 20.0 Å². The zero-order valence-corrected chi connectivity index (χ0v) is 18.3. The first-order valence-electron chi connectivity index (χ1n) is 9.04. The van der Waals surface area contributed by atoms with Gasteiger partial charge >= 0.3 is 0 Å². The third-order valence-corrected chi connectivity index (χ3v) is 4.77. The molecule has 2 rings (SSSR count). The highest BCUT2D eigenvalue weighted by Gasteiger charge is 2.07. The van der Waals surface area contributed by atoms with Crippen molar-refractivity contribution in [3.63, 3.8) is 0 Å². The normalized spacial score (nSPS) is 12.5. The van der Waals surface area contributed by atoms with Crippen LogP contribution in [0.5, 0.6) is 0 Å². The van der Waals surface area contributed by atoms with E-state index in [2.05, 4.69) is 36.9 Å². The summed E-state index contributed by atoms with van der Waals surface area (Å²) in [6.07, 6.45) is 7.63. The second-order valence-electron chi connectivity index (χ2n) is 6.36. The Balaban J connectivity index is 2.09. The number of halogens is 2. The molecular weight excluding hydrogens is 445 g/mol. The fourth-order valence-electron chi connectivity index (χ4n) is 2.32. The Morgan fingerprint density at radius 3 is 2.68 bits per heavy atom. The van der Waals surface area contributed by atoms with E-state index >= 15 is 0 Å². The second kappa shape index (κ2) is 11.4. The number of aliphatic imine (C=N–C) groups is 1. The summed E-state index contributed by atoms with van der Waals surface area (Å²) in [6.45, 7) is 4.51. The van der Waals surface area contributed by atoms with Crippen LogP contribution in [0.15, 0.2) is 60.1 Å². The monoisotopic (exact) mass is 467 g/mol. The molecular formula is C19H23ClFN7O2S. The van der Waals surface area contributed by atoms with Crippen molar-refractivity contribution in [2.24, 2.45) is 10.7 Å². The number of benzene rings is 1. The van der Waals surface area contributed by atoms with Crippen LogP contribution in [0.25, 0.3) is 5.57 Å². The Morgan fingerprint density at radius 1 is 1.32 bits per heavy atom. The van der Waals surface area contributed by atoms with Crippen molar-refractivity contribution in [2.45, 2.75) is 6.42 Å². The van der Waals surface area contributed by atoms with Gasteiger partial charge in [-0.25, -0.2) is 32.5 Å². The van der Waals surface area contributed by atoms with Crippen LogP contribution in [-0.2, 0) is 10.0 Å². The van der Waals surface area contributed by atoms with Crippen molar-refractivity contribution in [3.05, 3.63) is 71.5 Å². The third kappa shape index (κ3) is 8.70. The van der Waals surface area contributed by atoms with Crippen LogP contribution in [0, 0.1) is 5.82 Å². The van der Waals surface area contributed by atoms with Gasteiger partial charge in [0.15, 0.2) is 0 Å². The van der Waals surface area contributed by atoms with Gasteiger partial charge in [-0.1, -0.05) is 18.2 Å². The maximum absolute atomic E-state index is 13.3. The van der Waals surface area contributed by atoms with Crippen LogP contribution in [0.2, 0.25) is 5.02 Å². The maximum Gasteiger partial charge on any atom is 0.208 e. The molecule has 0 amide bonds. The zero-order chi connectivity index (χ0) is 22.9. The van der Waals surface area contributed by atoms with Gasteiger partial charge in [0.05, 0.1) is 11.3 Å². The lowest BCUT2D eigenvalue weighted by atomic mass is 10.1. The van der Waals surface area contributed by atoms with E-state index in [-0.39, 0.29) is 17.4 Å². The molecule has 0 unspecified atom stereocenters. The minimum atomic E-state index is -3.24. The van der Waals surface area contributed by atoms with E-state index in [1.807, 2.05) is 0 Å². The summed E-state index contributed by atoms with van der Waals surface area (Å²) in [6, 6.07) is 4.15. The lowest BCUT2D eigenvalue weighted by Crippen LogP contribution is -2.28. The number of hydrogen-bond acceptors (Lipinski definition) is 8. The second-order valence-corrected chi connectivity index (χ2v) is 8.60. The Labute approximate surface area is 185 Å². The summed E-state index contributed by atoms with van der Waals surface area (Å²) >= 11 is 5.78. The predicted octanol–water partition coefficient (Wildman–Crippen LogP) is 2.08. The van der Waals surface area contributed by atoms with E-state index in [1.165, 1.54) is 30.7 Å². The number of hydrogen-bond donors (Lipinski definition) is 4. The van der Waals surface area contributed by atoms with Crippen molar-refractivity contribution in [3.8, 4) is 0 Å². The molecule has 0 radical (unpaired) electrons. The summed E-state index contributed by atoms with van der Waals surface area (Å²) in [4.78, 5) is 12.2. The number of nitrogens with zero attached hydrogens (tertiary/aromatic N) is 3. The first-order chi connectivity index (χ1) is 14.7. The van der Waals surface area contributed by atoms with Crippen LogP contribution in [0.3, 0.4) is 0 Å². The molecule has 1 aromatic heterocycles. The molecule has 5 N–H and O–H groups in total. The van der Waals surface area contributed by atoms with Gasteiger partial charge < -0.3 is 16.4 Å². The fraction of sp³-hybridized carbons (Fsp3) is 0.211. The molecule has 9 nitrogen and oxygen atoms in total. The van der Waals surface area contributed by atoms with E-state index in [1.54, 1.807) is 12.4 Å². The summed E-state index contributed by atoms with van der Waals surface area (Å²) < 4.78 is 37.9. The van der Waals surface area contributed by atoms with E-state index < -0.39 is 15.8 Å². The number of allylic oxidation sites excluding steroid dienone is 1. The topological polar surface area (TPSA) is 134 Å². The number of sulfonamides is 1. The molecule has 0 aliphatic rings. The Bertz CT molecular complexity index is 1080. The average Bonchev–Trinajstić information content (AvgIpc) is 2.70. The Morgan fingerprint density at radius 2 is 2.03 bits per heavy atom. The molecule has 0 aliphatic heterocycles. The van der Waals surface area contributed by atoms with E-state index in [4.69, 9.17) is 17.3 Å². The SMILES string of the molecule is C=C(/N=C\C(=C(/N)NCCCNS(C)(=O)=O)c1cncnc1)Nc1ccc(F)c(Cl)c1. The predicted molar refractivity (Wildman–Crippen MR) is 121 cm³/mol. The molecule has 0 saturated carbocycles. The average molecular weight is 468 g/mol. The van der Waals surface area contributed by atoms with Gasteiger partial charge in [0.1, 0.15) is 23.8 Å². The molecule has 12 heteroatoms. The zero-order valence-electron chi connectivity index (χ0n) is 16.8. The molecule has 1 aromatic carbocycles. The van der Waals surface area contributed by atoms with Gasteiger partial charge in [-0.3, -0.25) is 0 Å². The molecule has 31 heavy (non-hydrogen) atoms. The molecule has 166 valence electrons. The minimum Gasteiger partial charge on any atom is -0.385 e. The van der Waals surface area contributed by atoms with Crippen LogP contribution >= 0.6 is 11.6 Å². The molecule has 1 heterocycles. The van der Waals surface area contributed by atoms with E-state index in [0.717, 1.165) is 6.26 Å². The van der Waals surface area contributed by atoms with Gasteiger partial charge in [0.25, 0.3) is 0 Å². The lowest BCUT2D eigenvalue weighted by molar-refractivity contribution is 0.583. The van der Waals surface area contributed by atoms with Crippen molar-refractivity contribution in [2.75, 3.05) is 24.7 Å². The molecule has 0 aliphatic carbocycles. The van der Waals surface area contributed by atoms with E-state index in [9.17, 15) is 12.8 Å². The lowest BCUT2D eigenvalue weighted by Gasteiger charge is -2.11. The highest BCUT2D eigenvalue weighted by molar-refractivity contribution is 7.88. The number of anilines is 1.